The number of ether oxygens (including phenoxy) is 2. The summed E-state index contributed by atoms with van der Waals surface area (Å²) in [6.07, 6.45) is 1.64. The number of benzene rings is 2. The van der Waals surface area contributed by atoms with Crippen molar-refractivity contribution in [2.24, 2.45) is 5.73 Å². The fraction of sp³-hybridized carbons (Fsp3) is 0.450. The van der Waals surface area contributed by atoms with Gasteiger partial charge in [0.2, 0.25) is 5.91 Å². The maximum Gasteiger partial charge on any atom is 0.249 e. The van der Waals surface area contributed by atoms with Crippen LogP contribution in [0.15, 0.2) is 42.5 Å². The molecule has 3 atom stereocenters. The summed E-state index contributed by atoms with van der Waals surface area (Å²) < 4.78 is 11.2. The summed E-state index contributed by atoms with van der Waals surface area (Å²) in [6, 6.07) is 14.0. The quantitative estimate of drug-likeness (QED) is 0.776. The molecular weight excluding hydrogens is 352 g/mol. The minimum Gasteiger partial charge on any atom is -0.376 e. The van der Waals surface area contributed by atoms with Crippen molar-refractivity contribution in [2.75, 3.05) is 19.8 Å². The van der Waals surface area contributed by atoms with Gasteiger partial charge in [-0.2, -0.15) is 0 Å². The Balaban J connectivity index is 0.00000243. The number of rotatable bonds is 7. The molecule has 1 aliphatic rings. The van der Waals surface area contributed by atoms with E-state index in [0.717, 1.165) is 30.4 Å². The molecule has 3 rings (SSSR count). The van der Waals surface area contributed by atoms with Crippen LogP contribution in [0.1, 0.15) is 31.4 Å². The third-order valence-electron chi connectivity index (χ3n) is 4.65. The molecule has 0 aromatic heterocycles. The van der Waals surface area contributed by atoms with Gasteiger partial charge in [-0.25, -0.2) is 0 Å². The Morgan fingerprint density at radius 2 is 2.08 bits per heavy atom. The number of carbonyl (C=O) groups excluding carboxylic acids is 1. The second-order valence-electron chi connectivity index (χ2n) is 6.51. The predicted octanol–water partition coefficient (Wildman–Crippen LogP) is 2.96. The second-order valence-corrected chi connectivity index (χ2v) is 6.51. The Bertz CT molecular complexity index is 719. The monoisotopic (exact) mass is 378 g/mol. The summed E-state index contributed by atoms with van der Waals surface area (Å²) in [7, 11) is 0. The zero-order valence-corrected chi connectivity index (χ0v) is 15.8. The molecule has 0 aliphatic carbocycles. The van der Waals surface area contributed by atoms with Gasteiger partial charge < -0.3 is 20.5 Å². The molecule has 3 unspecified atom stereocenters. The van der Waals surface area contributed by atoms with Crippen LogP contribution in [-0.2, 0) is 14.3 Å². The summed E-state index contributed by atoms with van der Waals surface area (Å²) in [5.74, 6) is -0.151. The van der Waals surface area contributed by atoms with Crippen molar-refractivity contribution in [3.63, 3.8) is 0 Å². The molecule has 2 aromatic carbocycles. The molecule has 1 fully saturated rings. The van der Waals surface area contributed by atoms with Gasteiger partial charge in [0.1, 0.15) is 6.10 Å². The molecule has 0 saturated carbocycles. The summed E-state index contributed by atoms with van der Waals surface area (Å²) in [5.41, 5.74) is 6.90. The first-order valence-corrected chi connectivity index (χ1v) is 8.89. The molecule has 2 aromatic rings. The highest BCUT2D eigenvalue weighted by atomic mass is 35.5. The van der Waals surface area contributed by atoms with Crippen molar-refractivity contribution in [1.82, 2.24) is 5.32 Å². The lowest BCUT2D eigenvalue weighted by Gasteiger charge is -2.21. The van der Waals surface area contributed by atoms with Gasteiger partial charge in [0.25, 0.3) is 0 Å². The third kappa shape index (κ3) is 5.17. The van der Waals surface area contributed by atoms with E-state index in [1.807, 2.05) is 18.2 Å². The second kappa shape index (κ2) is 9.88. The lowest BCUT2D eigenvalue weighted by atomic mass is 10.0. The van der Waals surface area contributed by atoms with E-state index in [1.165, 1.54) is 5.39 Å². The number of nitrogens with one attached hydrogen (secondary N) is 1. The largest absolute Gasteiger partial charge is 0.376 e. The molecule has 5 nitrogen and oxygen atoms in total. The molecule has 1 saturated heterocycles. The zero-order valence-electron chi connectivity index (χ0n) is 15.0. The minimum absolute atomic E-state index is 0. The first-order valence-electron chi connectivity index (χ1n) is 8.89. The Morgan fingerprint density at radius 3 is 2.77 bits per heavy atom. The zero-order chi connectivity index (χ0) is 17.6. The predicted molar refractivity (Wildman–Crippen MR) is 106 cm³/mol. The Kier molecular flexibility index (Phi) is 7.85. The number of amides is 1. The highest BCUT2D eigenvalue weighted by Crippen LogP contribution is 2.20. The maximum absolute atomic E-state index is 12.4. The van der Waals surface area contributed by atoms with E-state index in [9.17, 15) is 4.79 Å². The van der Waals surface area contributed by atoms with Crippen LogP contribution < -0.4 is 11.1 Å². The average Bonchev–Trinajstić information content (AvgIpc) is 3.17. The van der Waals surface area contributed by atoms with Crippen LogP contribution in [0.25, 0.3) is 10.8 Å². The van der Waals surface area contributed by atoms with E-state index in [1.54, 1.807) is 6.92 Å². The van der Waals surface area contributed by atoms with E-state index in [4.69, 9.17) is 15.2 Å². The van der Waals surface area contributed by atoms with E-state index >= 15 is 0 Å². The van der Waals surface area contributed by atoms with Crippen LogP contribution in [0.4, 0.5) is 0 Å². The Labute approximate surface area is 160 Å². The highest BCUT2D eigenvalue weighted by Gasteiger charge is 2.22. The summed E-state index contributed by atoms with van der Waals surface area (Å²) >= 11 is 0. The van der Waals surface area contributed by atoms with Crippen molar-refractivity contribution in [3.8, 4) is 0 Å². The minimum atomic E-state index is -0.529. The van der Waals surface area contributed by atoms with Crippen LogP contribution in [0.2, 0.25) is 0 Å². The number of carbonyl (C=O) groups is 1. The van der Waals surface area contributed by atoms with Gasteiger partial charge in [-0.05, 0) is 42.2 Å². The SMILES string of the molecule is CC(OCC1CCCO1)C(=O)NC(CN)c1ccc2ccccc2c1.Cl. The van der Waals surface area contributed by atoms with Gasteiger partial charge in [0.15, 0.2) is 0 Å². The Hall–Kier alpha value is -1.66. The topological polar surface area (TPSA) is 73.6 Å². The lowest BCUT2D eigenvalue weighted by molar-refractivity contribution is -0.134. The van der Waals surface area contributed by atoms with E-state index in [-0.39, 0.29) is 30.5 Å². The average molecular weight is 379 g/mol. The molecule has 142 valence electrons. The van der Waals surface area contributed by atoms with Gasteiger partial charge in [0, 0.05) is 13.2 Å². The normalized spacial score (nSPS) is 18.9. The molecule has 0 bridgehead atoms. The summed E-state index contributed by atoms with van der Waals surface area (Å²) in [4.78, 5) is 12.4. The van der Waals surface area contributed by atoms with Crippen molar-refractivity contribution >= 4 is 29.1 Å². The highest BCUT2D eigenvalue weighted by molar-refractivity contribution is 5.85. The van der Waals surface area contributed by atoms with Crippen LogP contribution in [-0.4, -0.2) is 37.9 Å². The number of hydrogen-bond acceptors (Lipinski definition) is 4. The van der Waals surface area contributed by atoms with Crippen molar-refractivity contribution in [2.45, 2.75) is 38.0 Å². The smallest absolute Gasteiger partial charge is 0.249 e. The first kappa shape index (κ1) is 20.6. The van der Waals surface area contributed by atoms with E-state index < -0.39 is 6.10 Å². The number of nitrogens with two attached hydrogens (primary N) is 1. The molecule has 1 aliphatic heterocycles. The van der Waals surface area contributed by atoms with Gasteiger partial charge >= 0.3 is 0 Å². The molecule has 0 spiro atoms. The van der Waals surface area contributed by atoms with Gasteiger partial charge in [0.05, 0.1) is 18.8 Å². The van der Waals surface area contributed by atoms with Crippen LogP contribution in [0, 0.1) is 0 Å². The van der Waals surface area contributed by atoms with Crippen LogP contribution in [0.3, 0.4) is 0 Å². The van der Waals surface area contributed by atoms with Crippen LogP contribution in [0.5, 0.6) is 0 Å². The standard InChI is InChI=1S/C20H26N2O3.ClH/c1-14(25-13-18-7-4-10-24-18)20(23)22-19(12-21)17-9-8-15-5-2-3-6-16(15)11-17;/h2-3,5-6,8-9,11,14,18-19H,4,7,10,12-13,21H2,1H3,(H,22,23);1H. The number of halogens is 1. The Morgan fingerprint density at radius 1 is 1.31 bits per heavy atom. The van der Waals surface area contributed by atoms with Crippen molar-refractivity contribution in [1.29, 1.82) is 0 Å². The van der Waals surface area contributed by atoms with E-state index in [2.05, 4.69) is 29.6 Å². The number of hydrogen-bond donors (Lipinski definition) is 2. The van der Waals surface area contributed by atoms with Gasteiger partial charge in [-0.15, -0.1) is 12.4 Å². The molecular formula is C20H27ClN2O3. The van der Waals surface area contributed by atoms with Gasteiger partial charge in [-0.1, -0.05) is 36.4 Å². The molecule has 26 heavy (non-hydrogen) atoms. The molecule has 6 heteroatoms. The summed E-state index contributed by atoms with van der Waals surface area (Å²) in [6.45, 7) is 3.34. The third-order valence-corrected chi connectivity index (χ3v) is 4.65. The van der Waals surface area contributed by atoms with Crippen LogP contribution >= 0.6 is 12.4 Å². The van der Waals surface area contributed by atoms with E-state index in [0.29, 0.717) is 13.2 Å². The maximum atomic E-state index is 12.4. The molecule has 0 radical (unpaired) electrons. The fourth-order valence-electron chi connectivity index (χ4n) is 3.10. The van der Waals surface area contributed by atoms with Crippen molar-refractivity contribution < 1.29 is 14.3 Å². The summed E-state index contributed by atoms with van der Waals surface area (Å²) in [5, 5.41) is 5.30. The first-order chi connectivity index (χ1) is 12.2. The van der Waals surface area contributed by atoms with Crippen molar-refractivity contribution in [3.05, 3.63) is 48.0 Å². The molecule has 1 amide bonds. The fourth-order valence-corrected chi connectivity index (χ4v) is 3.10. The van der Waals surface area contributed by atoms with Gasteiger partial charge in [-0.3, -0.25) is 4.79 Å². The lowest BCUT2D eigenvalue weighted by Crippen LogP contribution is -2.40. The molecule has 1 heterocycles. The number of fused-ring (bicyclic) bond motifs is 1. The molecule has 3 N–H and O–H groups in total.